The smallest absolute Gasteiger partial charge is 0.260 e. The number of amides is 1. The van der Waals surface area contributed by atoms with E-state index in [9.17, 15) is 9.59 Å². The first-order chi connectivity index (χ1) is 8.45. The summed E-state index contributed by atoms with van der Waals surface area (Å²) in [5.41, 5.74) is 1.49. The van der Waals surface area contributed by atoms with Gasteiger partial charge in [-0.1, -0.05) is 11.6 Å². The monoisotopic (exact) mass is 249 g/mol. The Morgan fingerprint density at radius 3 is 2.61 bits per heavy atom. The van der Waals surface area contributed by atoms with Crippen molar-refractivity contribution in [2.24, 2.45) is 0 Å². The summed E-state index contributed by atoms with van der Waals surface area (Å²) < 4.78 is 5.54. The van der Waals surface area contributed by atoms with Crippen molar-refractivity contribution >= 4 is 11.7 Å². The molecular formula is C14H19NO3. The van der Waals surface area contributed by atoms with Gasteiger partial charge in [0.2, 0.25) is 0 Å². The number of rotatable bonds is 5. The fourth-order valence-electron chi connectivity index (χ4n) is 1.58. The molecule has 18 heavy (non-hydrogen) atoms. The summed E-state index contributed by atoms with van der Waals surface area (Å²) in [4.78, 5) is 23.1. The number of hydrogen-bond acceptors (Lipinski definition) is 3. The first-order valence-corrected chi connectivity index (χ1v) is 6.01. The zero-order chi connectivity index (χ0) is 13.7. The molecule has 1 unspecified atom stereocenters. The molecule has 0 spiro atoms. The quantitative estimate of drug-likeness (QED) is 0.813. The first kappa shape index (κ1) is 14.2. The van der Waals surface area contributed by atoms with Gasteiger partial charge in [-0.15, -0.1) is 0 Å². The van der Waals surface area contributed by atoms with Crippen LogP contribution in [0.25, 0.3) is 0 Å². The van der Waals surface area contributed by atoms with Gasteiger partial charge in [0.1, 0.15) is 5.75 Å². The maximum Gasteiger partial charge on any atom is 0.260 e. The van der Waals surface area contributed by atoms with Gasteiger partial charge >= 0.3 is 0 Å². The third-order valence-electron chi connectivity index (χ3n) is 2.54. The van der Waals surface area contributed by atoms with Gasteiger partial charge in [-0.3, -0.25) is 9.59 Å². The van der Waals surface area contributed by atoms with E-state index in [0.29, 0.717) is 17.9 Å². The lowest BCUT2D eigenvalue weighted by Crippen LogP contribution is -2.36. The van der Waals surface area contributed by atoms with E-state index in [1.165, 1.54) is 6.92 Å². The number of ketones is 1. The Bertz CT molecular complexity index is 454. The van der Waals surface area contributed by atoms with E-state index < -0.39 is 6.10 Å². The van der Waals surface area contributed by atoms with Crippen molar-refractivity contribution in [3.05, 3.63) is 29.3 Å². The standard InChI is InChI=1S/C14H19NO3/c1-5-15-14(17)11(4)18-13-7-6-9(2)8-12(13)10(3)16/h6-8,11H,5H2,1-4H3,(H,15,17). The molecule has 0 heterocycles. The fraction of sp³-hybridized carbons (Fsp3) is 0.429. The maximum atomic E-state index is 11.6. The Morgan fingerprint density at radius 2 is 2.06 bits per heavy atom. The number of hydrogen-bond donors (Lipinski definition) is 1. The number of Topliss-reactive ketones (excluding diaryl/α,β-unsaturated/α-hetero) is 1. The zero-order valence-electron chi connectivity index (χ0n) is 11.2. The van der Waals surface area contributed by atoms with E-state index >= 15 is 0 Å². The van der Waals surface area contributed by atoms with Crippen LogP contribution in [0.5, 0.6) is 5.75 Å². The summed E-state index contributed by atoms with van der Waals surface area (Å²) in [5, 5.41) is 2.68. The molecule has 0 bridgehead atoms. The molecular weight excluding hydrogens is 230 g/mol. The minimum Gasteiger partial charge on any atom is -0.480 e. The third-order valence-corrected chi connectivity index (χ3v) is 2.54. The Balaban J connectivity index is 2.90. The maximum absolute atomic E-state index is 11.6. The van der Waals surface area contributed by atoms with E-state index in [-0.39, 0.29) is 11.7 Å². The van der Waals surface area contributed by atoms with Gasteiger partial charge in [-0.05, 0) is 39.8 Å². The summed E-state index contributed by atoms with van der Waals surface area (Å²) in [7, 11) is 0. The third kappa shape index (κ3) is 3.58. The van der Waals surface area contributed by atoms with E-state index in [2.05, 4.69) is 5.32 Å². The normalized spacial score (nSPS) is 11.8. The molecule has 1 N–H and O–H groups in total. The molecule has 0 radical (unpaired) electrons. The first-order valence-electron chi connectivity index (χ1n) is 6.01. The predicted octanol–water partition coefficient (Wildman–Crippen LogP) is 2.10. The summed E-state index contributed by atoms with van der Waals surface area (Å²) in [5.74, 6) is 0.191. The number of likely N-dealkylation sites (N-methyl/N-ethyl adjacent to an activating group) is 1. The SMILES string of the molecule is CCNC(=O)C(C)Oc1ccc(C)cc1C(C)=O. The average Bonchev–Trinajstić information content (AvgIpc) is 2.31. The average molecular weight is 249 g/mol. The molecule has 1 aromatic rings. The van der Waals surface area contributed by atoms with Crippen LogP contribution in [0.4, 0.5) is 0 Å². The van der Waals surface area contributed by atoms with Crippen molar-refractivity contribution in [2.45, 2.75) is 33.8 Å². The van der Waals surface area contributed by atoms with Crippen LogP contribution < -0.4 is 10.1 Å². The molecule has 0 aromatic heterocycles. The Kier molecular flexibility index (Phi) is 4.89. The number of carbonyl (C=O) groups excluding carboxylic acids is 2. The number of benzene rings is 1. The fourth-order valence-corrected chi connectivity index (χ4v) is 1.58. The molecule has 1 rings (SSSR count). The van der Waals surface area contributed by atoms with Crippen LogP contribution in [0.1, 0.15) is 36.7 Å². The van der Waals surface area contributed by atoms with Gasteiger partial charge in [0.15, 0.2) is 11.9 Å². The van der Waals surface area contributed by atoms with E-state index in [0.717, 1.165) is 5.56 Å². The van der Waals surface area contributed by atoms with Gasteiger partial charge in [-0.2, -0.15) is 0 Å². The number of nitrogens with one attached hydrogen (secondary N) is 1. The van der Waals surface area contributed by atoms with Crippen LogP contribution in [0.2, 0.25) is 0 Å². The predicted molar refractivity (Wildman–Crippen MR) is 70.0 cm³/mol. The van der Waals surface area contributed by atoms with Gasteiger partial charge in [0.25, 0.3) is 5.91 Å². The largest absolute Gasteiger partial charge is 0.480 e. The van der Waals surface area contributed by atoms with Crippen molar-refractivity contribution in [2.75, 3.05) is 6.54 Å². The second-order valence-electron chi connectivity index (χ2n) is 4.21. The highest BCUT2D eigenvalue weighted by Gasteiger charge is 2.16. The Labute approximate surface area is 107 Å². The highest BCUT2D eigenvalue weighted by atomic mass is 16.5. The van der Waals surface area contributed by atoms with Gasteiger partial charge in [0, 0.05) is 6.54 Å². The molecule has 0 saturated carbocycles. The Hall–Kier alpha value is -1.84. The minimum absolute atomic E-state index is 0.0724. The molecule has 0 aliphatic rings. The van der Waals surface area contributed by atoms with Crippen molar-refractivity contribution in [3.63, 3.8) is 0 Å². The van der Waals surface area contributed by atoms with Crippen LogP contribution in [-0.2, 0) is 4.79 Å². The molecule has 0 fully saturated rings. The Morgan fingerprint density at radius 1 is 1.39 bits per heavy atom. The van der Waals surface area contributed by atoms with Crippen LogP contribution in [0.3, 0.4) is 0 Å². The van der Waals surface area contributed by atoms with Crippen molar-refractivity contribution in [1.82, 2.24) is 5.32 Å². The second kappa shape index (κ2) is 6.19. The second-order valence-corrected chi connectivity index (χ2v) is 4.21. The topological polar surface area (TPSA) is 55.4 Å². The molecule has 4 nitrogen and oxygen atoms in total. The van der Waals surface area contributed by atoms with Crippen molar-refractivity contribution in [1.29, 1.82) is 0 Å². The summed E-state index contributed by atoms with van der Waals surface area (Å²) in [6, 6.07) is 5.34. The molecule has 4 heteroatoms. The van der Waals surface area contributed by atoms with Crippen LogP contribution >= 0.6 is 0 Å². The molecule has 0 saturated heterocycles. The van der Waals surface area contributed by atoms with Gasteiger partial charge < -0.3 is 10.1 Å². The molecule has 1 amide bonds. The molecule has 1 aromatic carbocycles. The van der Waals surface area contributed by atoms with Crippen LogP contribution in [0.15, 0.2) is 18.2 Å². The zero-order valence-corrected chi connectivity index (χ0v) is 11.2. The van der Waals surface area contributed by atoms with E-state index in [4.69, 9.17) is 4.74 Å². The summed E-state index contributed by atoms with van der Waals surface area (Å²) in [6.07, 6.45) is -0.620. The molecule has 0 aliphatic carbocycles. The number of aryl methyl sites for hydroxylation is 1. The summed E-state index contributed by atoms with van der Waals surface area (Å²) in [6.45, 7) is 7.45. The van der Waals surface area contributed by atoms with Crippen molar-refractivity contribution < 1.29 is 14.3 Å². The number of ether oxygens (including phenoxy) is 1. The molecule has 1 atom stereocenters. The van der Waals surface area contributed by atoms with Crippen LogP contribution in [0, 0.1) is 6.92 Å². The highest BCUT2D eigenvalue weighted by Crippen LogP contribution is 2.21. The minimum atomic E-state index is -0.620. The lowest BCUT2D eigenvalue weighted by Gasteiger charge is -2.16. The summed E-state index contributed by atoms with van der Waals surface area (Å²) >= 11 is 0. The van der Waals surface area contributed by atoms with Gasteiger partial charge in [-0.25, -0.2) is 0 Å². The van der Waals surface area contributed by atoms with Crippen molar-refractivity contribution in [3.8, 4) is 5.75 Å². The van der Waals surface area contributed by atoms with E-state index in [1.807, 2.05) is 19.9 Å². The van der Waals surface area contributed by atoms with E-state index in [1.54, 1.807) is 19.1 Å². The lowest BCUT2D eigenvalue weighted by atomic mass is 10.1. The number of carbonyl (C=O) groups is 2. The molecule has 0 aliphatic heterocycles. The van der Waals surface area contributed by atoms with Gasteiger partial charge in [0.05, 0.1) is 5.56 Å². The van der Waals surface area contributed by atoms with Crippen LogP contribution in [-0.4, -0.2) is 24.3 Å². The lowest BCUT2D eigenvalue weighted by molar-refractivity contribution is -0.127. The highest BCUT2D eigenvalue weighted by molar-refractivity contribution is 5.97. The molecule has 98 valence electrons.